The molecule has 0 saturated heterocycles. The summed E-state index contributed by atoms with van der Waals surface area (Å²) < 4.78 is 31.5. The Morgan fingerprint density at radius 2 is 1.58 bits per heavy atom. The van der Waals surface area contributed by atoms with Crippen LogP contribution in [0, 0.1) is 17.0 Å². The number of halogens is 2. The zero-order valence-corrected chi connectivity index (χ0v) is 29.8. The molecule has 0 aliphatic carbocycles. The Morgan fingerprint density at radius 1 is 0.917 bits per heavy atom. The average molecular weight is 675 g/mol. The van der Waals surface area contributed by atoms with E-state index in [4.69, 9.17) is 5.73 Å². The summed E-state index contributed by atoms with van der Waals surface area (Å²) in [4.78, 5) is 29.9. The topological polar surface area (TPSA) is 91.8 Å². The summed E-state index contributed by atoms with van der Waals surface area (Å²) in [6, 6.07) is 22.1. The van der Waals surface area contributed by atoms with E-state index in [0.717, 1.165) is 29.4 Å². The predicted molar refractivity (Wildman–Crippen MR) is 192 cm³/mol. The Kier molecular flexibility index (Phi) is 11.5. The number of carboxylic acid groups (broad SMARTS) is 1. The van der Waals surface area contributed by atoms with Crippen molar-refractivity contribution in [2.45, 2.75) is 65.5 Å². The van der Waals surface area contributed by atoms with E-state index in [2.05, 4.69) is 19.6 Å². The van der Waals surface area contributed by atoms with Gasteiger partial charge < -0.3 is 25.2 Å². The number of hydrogen-bond donors (Lipinski definition) is 2. The van der Waals surface area contributed by atoms with E-state index in [-0.39, 0.29) is 24.6 Å². The molecule has 3 N–H and O–H groups in total. The molecular weight excluding hydrogens is 627 g/mol. The van der Waals surface area contributed by atoms with Crippen molar-refractivity contribution < 1.29 is 23.5 Å². The van der Waals surface area contributed by atoms with Gasteiger partial charge in [0.1, 0.15) is 11.6 Å². The summed E-state index contributed by atoms with van der Waals surface area (Å²) in [5.41, 5.74) is 8.79. The number of nitrogens with two attached hydrogens (primary N) is 1. The molecule has 48 heavy (non-hydrogen) atoms. The number of hydrogen-bond acceptors (Lipinski definition) is 3. The second-order valence-corrected chi connectivity index (χ2v) is 20.3. The fourth-order valence-corrected chi connectivity index (χ4v) is 6.90. The number of carbonyl (C=O) groups excluding carboxylic acids is 1. The first-order valence-corrected chi connectivity index (χ1v) is 20.1. The van der Waals surface area contributed by atoms with Gasteiger partial charge in [0, 0.05) is 68.5 Å². The van der Waals surface area contributed by atoms with Crippen LogP contribution in [0.5, 0.6) is 0 Å². The van der Waals surface area contributed by atoms with E-state index in [0.29, 0.717) is 36.3 Å². The molecule has 1 aromatic heterocycles. The van der Waals surface area contributed by atoms with Crippen molar-refractivity contribution in [1.82, 2.24) is 14.4 Å². The normalized spacial score (nSPS) is 12.5. The van der Waals surface area contributed by atoms with Crippen molar-refractivity contribution in [2.24, 2.45) is 5.41 Å². The molecule has 10 heteroatoms. The number of nitrogens with zero attached hydrogens (tertiary/aromatic N) is 3. The number of aromatic nitrogens is 1. The second-order valence-electron chi connectivity index (χ2n) is 14.7. The van der Waals surface area contributed by atoms with Gasteiger partial charge in [0.2, 0.25) is 0 Å². The van der Waals surface area contributed by atoms with E-state index < -0.39 is 37.3 Å². The third-order valence-corrected chi connectivity index (χ3v) is 10.1. The lowest BCUT2D eigenvalue weighted by atomic mass is 9.82. The van der Waals surface area contributed by atoms with E-state index in [9.17, 15) is 19.1 Å². The third kappa shape index (κ3) is 9.56. The molecule has 0 aliphatic rings. The first-order valence-electron chi connectivity index (χ1n) is 16.4. The highest BCUT2D eigenvalue weighted by atomic mass is 28.3. The molecule has 0 fully saturated rings. The minimum Gasteiger partial charge on any atom is -0.465 e. The second kappa shape index (κ2) is 15.2. The van der Waals surface area contributed by atoms with E-state index in [1.807, 2.05) is 67.9 Å². The number of anilines is 1. The average Bonchev–Trinajstić information content (AvgIpc) is 3.40. The summed E-state index contributed by atoms with van der Waals surface area (Å²) in [7, 11) is -1.49. The van der Waals surface area contributed by atoms with E-state index >= 15 is 4.39 Å². The standard InChI is InChI=1S/C38H48F2N4O3Si/c1-38(2,3)35(34-23-29(32-24-30(39)15-18-33(32)40)26-43(34)25-27-11-8-7-9-12-27)44(36(45)28-13-16-31(41)17-14-28)20-10-19-42(37(46)47)21-22-48(4,5)6/h7-9,11-18,23-24,26,35H,10,19-22,25,41H2,1-6H3,(H,46,47)/t35-/m0/s1. The maximum atomic E-state index is 15.1. The number of benzene rings is 3. The number of rotatable bonds is 13. The van der Waals surface area contributed by atoms with Crippen LogP contribution in [-0.2, 0) is 6.54 Å². The van der Waals surface area contributed by atoms with Crippen LogP contribution in [0.1, 0.15) is 54.8 Å². The minimum absolute atomic E-state index is 0.131. The van der Waals surface area contributed by atoms with Gasteiger partial charge in [-0.1, -0.05) is 70.7 Å². The lowest BCUT2D eigenvalue weighted by Crippen LogP contribution is -2.44. The Bertz CT molecular complexity index is 1700. The van der Waals surface area contributed by atoms with Crippen LogP contribution in [0.25, 0.3) is 11.1 Å². The van der Waals surface area contributed by atoms with Gasteiger partial charge in [0.05, 0.1) is 6.04 Å². The first kappa shape index (κ1) is 36.4. The van der Waals surface area contributed by atoms with Gasteiger partial charge in [0.25, 0.3) is 5.91 Å². The SMILES string of the molecule is CC(C)(C)[C@H](c1cc(-c2cc(F)ccc2F)cn1Cc1ccccc1)N(CCCN(CC[Si](C)(C)C)C(=O)O)C(=O)c1ccc(N)cc1. The maximum absolute atomic E-state index is 15.1. The molecular formula is C38H48F2N4O3Si. The molecule has 0 unspecified atom stereocenters. The van der Waals surface area contributed by atoms with Crippen molar-refractivity contribution in [3.63, 3.8) is 0 Å². The molecule has 0 radical (unpaired) electrons. The van der Waals surface area contributed by atoms with Gasteiger partial charge in [-0.05, 0) is 72.0 Å². The molecule has 2 amide bonds. The highest BCUT2D eigenvalue weighted by molar-refractivity contribution is 6.76. The largest absolute Gasteiger partial charge is 0.465 e. The van der Waals surface area contributed by atoms with E-state index in [1.54, 1.807) is 29.2 Å². The molecule has 256 valence electrons. The third-order valence-electron chi connectivity index (χ3n) is 8.43. The van der Waals surface area contributed by atoms with Crippen molar-refractivity contribution in [2.75, 3.05) is 25.4 Å². The zero-order valence-electron chi connectivity index (χ0n) is 28.8. The van der Waals surface area contributed by atoms with Gasteiger partial charge in [0.15, 0.2) is 0 Å². The molecule has 3 aromatic carbocycles. The molecule has 0 spiro atoms. The highest BCUT2D eigenvalue weighted by Gasteiger charge is 2.37. The lowest BCUT2D eigenvalue weighted by molar-refractivity contribution is 0.0482. The van der Waals surface area contributed by atoms with Crippen molar-refractivity contribution >= 4 is 25.8 Å². The number of nitrogen functional groups attached to an aromatic ring is 1. The zero-order chi connectivity index (χ0) is 35.2. The van der Waals surface area contributed by atoms with Crippen molar-refractivity contribution in [1.29, 1.82) is 0 Å². The minimum atomic E-state index is -1.49. The fraction of sp³-hybridized carbons (Fsp3) is 0.368. The molecule has 1 heterocycles. The molecule has 1 atom stereocenters. The van der Waals surface area contributed by atoms with Crippen molar-refractivity contribution in [3.05, 3.63) is 114 Å². The van der Waals surface area contributed by atoms with Crippen LogP contribution in [0.2, 0.25) is 25.7 Å². The monoisotopic (exact) mass is 674 g/mol. The van der Waals surface area contributed by atoms with Gasteiger partial charge in [-0.25, -0.2) is 13.6 Å². The molecule has 4 rings (SSSR count). The Hall–Kier alpha value is -4.44. The van der Waals surface area contributed by atoms with Crippen LogP contribution in [0.3, 0.4) is 0 Å². The maximum Gasteiger partial charge on any atom is 0.407 e. The smallest absolute Gasteiger partial charge is 0.407 e. The van der Waals surface area contributed by atoms with Crippen LogP contribution in [-0.4, -0.2) is 59.2 Å². The van der Waals surface area contributed by atoms with Gasteiger partial charge >= 0.3 is 6.09 Å². The number of carbonyl (C=O) groups is 2. The highest BCUT2D eigenvalue weighted by Crippen LogP contribution is 2.42. The lowest BCUT2D eigenvalue weighted by Gasteiger charge is -2.41. The van der Waals surface area contributed by atoms with Crippen molar-refractivity contribution in [3.8, 4) is 11.1 Å². The number of amides is 2. The Morgan fingerprint density at radius 3 is 2.19 bits per heavy atom. The molecule has 0 aliphatic heterocycles. The van der Waals surface area contributed by atoms with Crippen LogP contribution in [0.15, 0.2) is 85.1 Å². The summed E-state index contributed by atoms with van der Waals surface area (Å²) in [6.45, 7) is 14.2. The first-order chi connectivity index (χ1) is 22.5. The summed E-state index contributed by atoms with van der Waals surface area (Å²) >= 11 is 0. The van der Waals surface area contributed by atoms with Gasteiger partial charge in [-0.3, -0.25) is 4.79 Å². The predicted octanol–water partition coefficient (Wildman–Crippen LogP) is 9.00. The van der Waals surface area contributed by atoms with Crippen LogP contribution >= 0.6 is 0 Å². The Balaban J connectivity index is 1.82. The summed E-state index contributed by atoms with van der Waals surface area (Å²) in [5.74, 6) is -1.33. The molecule has 4 aromatic rings. The van der Waals surface area contributed by atoms with Gasteiger partial charge in [-0.15, -0.1) is 0 Å². The van der Waals surface area contributed by atoms with Crippen LogP contribution in [0.4, 0.5) is 19.3 Å². The quantitative estimate of drug-likeness (QED) is 0.109. The summed E-state index contributed by atoms with van der Waals surface area (Å²) in [6.07, 6.45) is 1.25. The van der Waals surface area contributed by atoms with Gasteiger partial charge in [-0.2, -0.15) is 0 Å². The van der Waals surface area contributed by atoms with E-state index in [1.165, 1.54) is 11.0 Å². The molecule has 7 nitrogen and oxygen atoms in total. The van der Waals surface area contributed by atoms with Crippen LogP contribution < -0.4 is 5.73 Å². The summed E-state index contributed by atoms with van der Waals surface area (Å²) in [5, 5.41) is 9.98. The Labute approximate surface area is 284 Å². The molecule has 0 bridgehead atoms. The fourth-order valence-electron chi connectivity index (χ4n) is 5.96. The molecule has 0 saturated carbocycles.